The normalized spacial score (nSPS) is 21.5. The number of ether oxygens (including phenoxy) is 1. The van der Waals surface area contributed by atoms with Crippen LogP contribution in [0.2, 0.25) is 0 Å². The predicted molar refractivity (Wildman–Crippen MR) is 80.8 cm³/mol. The lowest BCUT2D eigenvalue weighted by atomic mass is 10.1. The lowest BCUT2D eigenvalue weighted by Gasteiger charge is -2.22. The maximum Gasteiger partial charge on any atom is 0.322 e. The first-order valence-electron chi connectivity index (χ1n) is 7.64. The summed E-state index contributed by atoms with van der Waals surface area (Å²) < 4.78 is 5.75. The molecule has 122 valence electrons. The van der Waals surface area contributed by atoms with Gasteiger partial charge in [0.05, 0.1) is 18.3 Å². The average molecular weight is 318 g/mol. The first-order valence-corrected chi connectivity index (χ1v) is 7.64. The van der Waals surface area contributed by atoms with Crippen LogP contribution in [0, 0.1) is 0 Å². The van der Waals surface area contributed by atoms with Crippen molar-refractivity contribution in [3.8, 4) is 5.88 Å². The number of hydrogen-bond acceptors (Lipinski definition) is 5. The first kappa shape index (κ1) is 15.3. The van der Waals surface area contributed by atoms with Gasteiger partial charge in [0.15, 0.2) is 0 Å². The van der Waals surface area contributed by atoms with Crippen LogP contribution in [0.3, 0.4) is 0 Å². The third kappa shape index (κ3) is 3.97. The van der Waals surface area contributed by atoms with Gasteiger partial charge in [-0.3, -0.25) is 14.9 Å². The van der Waals surface area contributed by atoms with Gasteiger partial charge < -0.3 is 15.4 Å². The van der Waals surface area contributed by atoms with Gasteiger partial charge in [-0.15, -0.1) is 0 Å². The summed E-state index contributed by atoms with van der Waals surface area (Å²) in [4.78, 5) is 38.7. The molecule has 1 aliphatic carbocycles. The third-order valence-corrected chi connectivity index (χ3v) is 3.86. The van der Waals surface area contributed by atoms with Gasteiger partial charge >= 0.3 is 6.03 Å². The van der Waals surface area contributed by atoms with Gasteiger partial charge in [0, 0.05) is 6.07 Å². The number of hydrogen-bond donors (Lipinski definition) is 3. The maximum absolute atomic E-state index is 12.1. The molecule has 2 fully saturated rings. The molecule has 2 aliphatic rings. The van der Waals surface area contributed by atoms with Crippen LogP contribution >= 0.6 is 0 Å². The molecule has 1 aromatic heterocycles. The summed E-state index contributed by atoms with van der Waals surface area (Å²) in [5.74, 6) is -0.410. The van der Waals surface area contributed by atoms with Crippen LogP contribution in [0.15, 0.2) is 18.3 Å². The van der Waals surface area contributed by atoms with Crippen molar-refractivity contribution in [1.29, 1.82) is 0 Å². The van der Waals surface area contributed by atoms with E-state index in [1.54, 1.807) is 12.1 Å². The molecule has 8 heteroatoms. The highest BCUT2D eigenvalue weighted by Crippen LogP contribution is 2.23. The van der Waals surface area contributed by atoms with E-state index in [4.69, 9.17) is 4.74 Å². The Balaban J connectivity index is 1.55. The number of rotatable bonds is 4. The van der Waals surface area contributed by atoms with E-state index in [0.717, 1.165) is 12.8 Å². The quantitative estimate of drug-likeness (QED) is 0.765. The Bertz CT molecular complexity index is 594. The van der Waals surface area contributed by atoms with Crippen LogP contribution < -0.4 is 20.7 Å². The van der Waals surface area contributed by atoms with Gasteiger partial charge in [-0.2, -0.15) is 0 Å². The molecule has 0 aromatic carbocycles. The van der Waals surface area contributed by atoms with Gasteiger partial charge in [-0.25, -0.2) is 9.78 Å². The van der Waals surface area contributed by atoms with E-state index in [2.05, 4.69) is 20.9 Å². The van der Waals surface area contributed by atoms with Crippen LogP contribution in [0.25, 0.3) is 0 Å². The van der Waals surface area contributed by atoms with Crippen LogP contribution in [-0.4, -0.2) is 35.0 Å². The standard InChI is InChI=1S/C15H18N4O4/c20-12-7-11(18-15(22)19-12)14(21)17-9-5-6-13(16-8-9)23-10-3-1-2-4-10/h5-6,8,10-11H,1-4,7H2,(H,17,21)(H2,18,19,20,22)/t11-/m0/s1. The van der Waals surface area contributed by atoms with E-state index in [-0.39, 0.29) is 12.5 Å². The topological polar surface area (TPSA) is 109 Å². The van der Waals surface area contributed by atoms with E-state index in [1.807, 2.05) is 0 Å². The smallest absolute Gasteiger partial charge is 0.322 e. The van der Waals surface area contributed by atoms with Crippen LogP contribution in [0.1, 0.15) is 32.1 Å². The van der Waals surface area contributed by atoms with Crippen molar-refractivity contribution < 1.29 is 19.1 Å². The highest BCUT2D eigenvalue weighted by Gasteiger charge is 2.29. The number of anilines is 1. The highest BCUT2D eigenvalue weighted by atomic mass is 16.5. The molecule has 1 aromatic rings. The molecule has 3 rings (SSSR count). The molecule has 0 unspecified atom stereocenters. The molecular formula is C15H18N4O4. The highest BCUT2D eigenvalue weighted by molar-refractivity contribution is 6.05. The number of amides is 4. The minimum atomic E-state index is -0.884. The maximum atomic E-state index is 12.1. The number of nitrogens with one attached hydrogen (secondary N) is 3. The Hall–Kier alpha value is -2.64. The summed E-state index contributed by atoms with van der Waals surface area (Å²) >= 11 is 0. The number of carbonyl (C=O) groups excluding carboxylic acids is 3. The fourth-order valence-electron chi connectivity index (χ4n) is 2.70. The second-order valence-corrected chi connectivity index (χ2v) is 5.68. The number of urea groups is 1. The Labute approximate surface area is 133 Å². The Kier molecular flexibility index (Phi) is 4.40. The molecule has 1 aliphatic heterocycles. The fourth-order valence-corrected chi connectivity index (χ4v) is 2.70. The molecule has 1 atom stereocenters. The van der Waals surface area contributed by atoms with Crippen LogP contribution in [-0.2, 0) is 9.59 Å². The number of pyridine rings is 1. The molecule has 2 heterocycles. The molecule has 1 saturated carbocycles. The number of nitrogens with zero attached hydrogens (tertiary/aromatic N) is 1. The summed E-state index contributed by atoms with van der Waals surface area (Å²) in [5, 5.41) is 7.09. The van der Waals surface area contributed by atoms with Gasteiger partial charge in [0.25, 0.3) is 0 Å². The summed E-state index contributed by atoms with van der Waals surface area (Å²) in [6.45, 7) is 0. The van der Waals surface area contributed by atoms with Gasteiger partial charge in [-0.1, -0.05) is 0 Å². The van der Waals surface area contributed by atoms with E-state index >= 15 is 0 Å². The number of carbonyl (C=O) groups is 3. The average Bonchev–Trinajstić information content (AvgIpc) is 3.01. The minimum absolute atomic E-state index is 0.0894. The van der Waals surface area contributed by atoms with E-state index in [9.17, 15) is 14.4 Å². The molecule has 3 N–H and O–H groups in total. The zero-order chi connectivity index (χ0) is 16.2. The lowest BCUT2D eigenvalue weighted by molar-refractivity contribution is -0.126. The monoisotopic (exact) mass is 318 g/mol. The Morgan fingerprint density at radius 1 is 1.26 bits per heavy atom. The molecule has 23 heavy (non-hydrogen) atoms. The van der Waals surface area contributed by atoms with Crippen molar-refractivity contribution in [2.24, 2.45) is 0 Å². The van der Waals surface area contributed by atoms with Gasteiger partial charge in [0.1, 0.15) is 12.1 Å². The third-order valence-electron chi connectivity index (χ3n) is 3.86. The summed E-state index contributed by atoms with van der Waals surface area (Å²) in [5.41, 5.74) is 0.481. The van der Waals surface area contributed by atoms with E-state index in [0.29, 0.717) is 11.6 Å². The largest absolute Gasteiger partial charge is 0.474 e. The lowest BCUT2D eigenvalue weighted by Crippen LogP contribution is -2.56. The molecule has 1 saturated heterocycles. The molecule has 0 radical (unpaired) electrons. The molecule has 0 spiro atoms. The zero-order valence-corrected chi connectivity index (χ0v) is 12.5. The van der Waals surface area contributed by atoms with Gasteiger partial charge in [0.2, 0.25) is 17.7 Å². The number of imide groups is 1. The fraction of sp³-hybridized carbons (Fsp3) is 0.467. The Morgan fingerprint density at radius 3 is 2.70 bits per heavy atom. The minimum Gasteiger partial charge on any atom is -0.474 e. The summed E-state index contributed by atoms with van der Waals surface area (Å²) in [6.07, 6.45) is 6.08. The van der Waals surface area contributed by atoms with Crippen molar-refractivity contribution in [3.63, 3.8) is 0 Å². The second-order valence-electron chi connectivity index (χ2n) is 5.68. The van der Waals surface area contributed by atoms with E-state index in [1.165, 1.54) is 19.0 Å². The van der Waals surface area contributed by atoms with Crippen molar-refractivity contribution >= 4 is 23.5 Å². The van der Waals surface area contributed by atoms with E-state index < -0.39 is 23.9 Å². The van der Waals surface area contributed by atoms with Crippen molar-refractivity contribution in [3.05, 3.63) is 18.3 Å². The Morgan fingerprint density at radius 2 is 2.04 bits per heavy atom. The second kappa shape index (κ2) is 6.64. The number of aromatic nitrogens is 1. The van der Waals surface area contributed by atoms with Crippen molar-refractivity contribution in [2.45, 2.75) is 44.2 Å². The molecule has 0 bridgehead atoms. The summed E-state index contributed by atoms with van der Waals surface area (Å²) in [6, 6.07) is 1.82. The molecule has 4 amide bonds. The molecular weight excluding hydrogens is 300 g/mol. The van der Waals surface area contributed by atoms with Crippen LogP contribution in [0.5, 0.6) is 5.88 Å². The summed E-state index contributed by atoms with van der Waals surface area (Å²) in [7, 11) is 0. The first-order chi connectivity index (χ1) is 11.1. The van der Waals surface area contributed by atoms with Gasteiger partial charge in [-0.05, 0) is 31.7 Å². The van der Waals surface area contributed by atoms with Crippen LogP contribution in [0.4, 0.5) is 10.5 Å². The SMILES string of the molecule is O=C1C[C@@H](C(=O)Nc2ccc(OC3CCCC3)nc2)NC(=O)N1. The van der Waals surface area contributed by atoms with Crippen molar-refractivity contribution in [1.82, 2.24) is 15.6 Å². The van der Waals surface area contributed by atoms with Crippen molar-refractivity contribution in [2.75, 3.05) is 5.32 Å². The molecule has 8 nitrogen and oxygen atoms in total. The zero-order valence-electron chi connectivity index (χ0n) is 12.5. The predicted octanol–water partition coefficient (Wildman–Crippen LogP) is 0.940.